The van der Waals surface area contributed by atoms with E-state index in [2.05, 4.69) is 16.6 Å². The molecule has 0 bridgehead atoms. The summed E-state index contributed by atoms with van der Waals surface area (Å²) in [5, 5.41) is 2.54. The van der Waals surface area contributed by atoms with Crippen molar-refractivity contribution >= 4 is 27.3 Å². The molecule has 2 N–H and O–H groups in total. The maximum atomic E-state index is 12.5. The van der Waals surface area contributed by atoms with E-state index < -0.39 is 10.0 Å². The molecule has 0 saturated carbocycles. The number of amides is 1. The molecule has 1 amide bonds. The lowest BCUT2D eigenvalue weighted by molar-refractivity contribution is -0.111. The molecule has 0 radical (unpaired) electrons. The molecule has 0 aliphatic rings. The molecule has 0 fully saturated rings. The van der Waals surface area contributed by atoms with Gasteiger partial charge in [-0.1, -0.05) is 6.58 Å². The van der Waals surface area contributed by atoms with Gasteiger partial charge in [0.25, 0.3) is 10.0 Å². The van der Waals surface area contributed by atoms with E-state index in [1.165, 1.54) is 38.5 Å². The van der Waals surface area contributed by atoms with Gasteiger partial charge in [-0.05, 0) is 42.5 Å². The molecule has 0 aromatic heterocycles. The van der Waals surface area contributed by atoms with Crippen LogP contribution in [0.2, 0.25) is 0 Å². The summed E-state index contributed by atoms with van der Waals surface area (Å²) in [6, 6.07) is 10.5. The fourth-order valence-corrected chi connectivity index (χ4v) is 3.07. The highest BCUT2D eigenvalue weighted by atomic mass is 32.2. The summed E-state index contributed by atoms with van der Waals surface area (Å²) >= 11 is 0. The third kappa shape index (κ3) is 4.51. The molecule has 0 heterocycles. The summed E-state index contributed by atoms with van der Waals surface area (Å²) in [7, 11) is -0.881. The molecule has 8 heteroatoms. The van der Waals surface area contributed by atoms with Crippen molar-refractivity contribution in [2.24, 2.45) is 0 Å². The highest BCUT2D eigenvalue weighted by molar-refractivity contribution is 7.92. The molecule has 0 spiro atoms. The summed E-state index contributed by atoms with van der Waals surface area (Å²) < 4.78 is 37.8. The van der Waals surface area contributed by atoms with E-state index in [0.717, 1.165) is 6.08 Å². The van der Waals surface area contributed by atoms with Crippen molar-refractivity contribution in [3.8, 4) is 11.5 Å². The molecule has 0 aliphatic carbocycles. The summed E-state index contributed by atoms with van der Waals surface area (Å²) in [4.78, 5) is 11.3. The molecule has 0 saturated heterocycles. The summed E-state index contributed by atoms with van der Waals surface area (Å²) in [6.07, 6.45) is 1.13. The Kier molecular flexibility index (Phi) is 5.66. The van der Waals surface area contributed by atoms with E-state index in [9.17, 15) is 13.2 Å². The third-order valence-electron chi connectivity index (χ3n) is 3.27. The van der Waals surface area contributed by atoms with E-state index in [4.69, 9.17) is 9.47 Å². The fraction of sp³-hybridized carbons (Fsp3) is 0.118. The molecule has 2 aromatic carbocycles. The molecule has 0 unspecified atom stereocenters. The molecule has 2 rings (SSSR count). The standard InChI is InChI=1S/C17H18N2O5S/c1-4-17(20)18-12-5-8-14(9-6-12)25(21,22)19-15-10-7-13(23-2)11-16(15)24-3/h4-11,19H,1H2,2-3H3,(H,18,20). The number of nitrogens with one attached hydrogen (secondary N) is 2. The molecule has 0 atom stereocenters. The first kappa shape index (κ1) is 18.3. The van der Waals surface area contributed by atoms with Crippen LogP contribution >= 0.6 is 0 Å². The van der Waals surface area contributed by atoms with Gasteiger partial charge < -0.3 is 14.8 Å². The number of rotatable bonds is 7. The normalized spacial score (nSPS) is 10.6. The zero-order valence-electron chi connectivity index (χ0n) is 13.8. The summed E-state index contributed by atoms with van der Waals surface area (Å²) in [5.74, 6) is 0.497. The van der Waals surface area contributed by atoms with Crippen LogP contribution < -0.4 is 19.5 Å². The molecular formula is C17H18N2O5S. The number of benzene rings is 2. The number of ether oxygens (including phenoxy) is 2. The van der Waals surface area contributed by atoms with Gasteiger partial charge in [-0.3, -0.25) is 9.52 Å². The lowest BCUT2D eigenvalue weighted by Gasteiger charge is -2.13. The van der Waals surface area contributed by atoms with E-state index in [1.54, 1.807) is 18.2 Å². The highest BCUT2D eigenvalue weighted by Gasteiger charge is 2.17. The van der Waals surface area contributed by atoms with Crippen molar-refractivity contribution in [3.05, 3.63) is 55.1 Å². The molecule has 7 nitrogen and oxygen atoms in total. The number of anilines is 2. The van der Waals surface area contributed by atoms with Gasteiger partial charge in [0.2, 0.25) is 5.91 Å². The minimum Gasteiger partial charge on any atom is -0.497 e. The Bertz CT molecular complexity index is 876. The summed E-state index contributed by atoms with van der Waals surface area (Å²) in [5.41, 5.74) is 0.748. The second-order valence-corrected chi connectivity index (χ2v) is 6.57. The van der Waals surface area contributed by atoms with Crippen LogP contribution in [-0.4, -0.2) is 28.5 Å². The third-order valence-corrected chi connectivity index (χ3v) is 4.65. The van der Waals surface area contributed by atoms with Crippen LogP contribution in [0.5, 0.6) is 11.5 Å². The van der Waals surface area contributed by atoms with Crippen LogP contribution in [0.15, 0.2) is 60.0 Å². The van der Waals surface area contributed by atoms with Crippen LogP contribution in [0.4, 0.5) is 11.4 Å². The first-order chi connectivity index (χ1) is 11.9. The van der Waals surface area contributed by atoms with Crippen LogP contribution in [0, 0.1) is 0 Å². The largest absolute Gasteiger partial charge is 0.497 e. The van der Waals surface area contributed by atoms with Gasteiger partial charge in [-0.25, -0.2) is 8.42 Å². The van der Waals surface area contributed by atoms with Gasteiger partial charge in [-0.2, -0.15) is 0 Å². The zero-order valence-corrected chi connectivity index (χ0v) is 14.6. The van der Waals surface area contributed by atoms with Crippen LogP contribution in [0.1, 0.15) is 0 Å². The average Bonchev–Trinajstić information content (AvgIpc) is 2.62. The lowest BCUT2D eigenvalue weighted by atomic mass is 10.3. The van der Waals surface area contributed by atoms with E-state index >= 15 is 0 Å². The smallest absolute Gasteiger partial charge is 0.262 e. The Balaban J connectivity index is 2.24. The molecular weight excluding hydrogens is 344 g/mol. The maximum absolute atomic E-state index is 12.5. The van der Waals surface area contributed by atoms with Crippen molar-refractivity contribution in [1.82, 2.24) is 0 Å². The Morgan fingerprint density at radius 3 is 2.32 bits per heavy atom. The lowest BCUT2D eigenvalue weighted by Crippen LogP contribution is -2.14. The predicted octanol–water partition coefficient (Wildman–Crippen LogP) is 2.63. The van der Waals surface area contributed by atoms with Gasteiger partial charge in [0, 0.05) is 11.8 Å². The number of hydrogen-bond acceptors (Lipinski definition) is 5. The van der Waals surface area contributed by atoms with Crippen molar-refractivity contribution in [2.75, 3.05) is 24.3 Å². The first-order valence-electron chi connectivity index (χ1n) is 7.18. The molecule has 2 aromatic rings. The van der Waals surface area contributed by atoms with Gasteiger partial charge >= 0.3 is 0 Å². The number of methoxy groups -OCH3 is 2. The molecule has 0 aliphatic heterocycles. The monoisotopic (exact) mass is 362 g/mol. The van der Waals surface area contributed by atoms with Crippen LogP contribution in [0.3, 0.4) is 0 Å². The maximum Gasteiger partial charge on any atom is 0.262 e. The average molecular weight is 362 g/mol. The number of hydrogen-bond donors (Lipinski definition) is 2. The fourth-order valence-electron chi connectivity index (χ4n) is 2.00. The van der Waals surface area contributed by atoms with E-state index in [0.29, 0.717) is 17.2 Å². The topological polar surface area (TPSA) is 93.7 Å². The van der Waals surface area contributed by atoms with E-state index in [1.807, 2.05) is 0 Å². The summed E-state index contributed by atoms with van der Waals surface area (Å²) in [6.45, 7) is 3.35. The van der Waals surface area contributed by atoms with Gasteiger partial charge in [0.1, 0.15) is 11.5 Å². The molecule has 25 heavy (non-hydrogen) atoms. The number of sulfonamides is 1. The zero-order chi connectivity index (χ0) is 18.4. The molecule has 132 valence electrons. The minimum atomic E-state index is -3.82. The second kappa shape index (κ2) is 7.71. The first-order valence-corrected chi connectivity index (χ1v) is 8.66. The number of carbonyl (C=O) groups is 1. The predicted molar refractivity (Wildman–Crippen MR) is 95.6 cm³/mol. The highest BCUT2D eigenvalue weighted by Crippen LogP contribution is 2.31. The second-order valence-electron chi connectivity index (χ2n) is 4.89. The Labute approximate surface area is 146 Å². The van der Waals surface area contributed by atoms with Gasteiger partial charge in [0.05, 0.1) is 24.8 Å². The quantitative estimate of drug-likeness (QED) is 0.739. The van der Waals surface area contributed by atoms with Gasteiger partial charge in [0.15, 0.2) is 0 Å². The van der Waals surface area contributed by atoms with Crippen molar-refractivity contribution in [1.29, 1.82) is 0 Å². The minimum absolute atomic E-state index is 0.0435. The van der Waals surface area contributed by atoms with Gasteiger partial charge in [-0.15, -0.1) is 0 Å². The number of carbonyl (C=O) groups excluding carboxylic acids is 1. The Hall–Kier alpha value is -3.00. The Morgan fingerprint density at radius 2 is 1.76 bits per heavy atom. The van der Waals surface area contributed by atoms with Crippen molar-refractivity contribution < 1.29 is 22.7 Å². The van der Waals surface area contributed by atoms with Crippen molar-refractivity contribution in [2.45, 2.75) is 4.90 Å². The Morgan fingerprint density at radius 1 is 1.08 bits per heavy atom. The van der Waals surface area contributed by atoms with Crippen molar-refractivity contribution in [3.63, 3.8) is 0 Å². The van der Waals surface area contributed by atoms with Crippen LogP contribution in [0.25, 0.3) is 0 Å². The van der Waals surface area contributed by atoms with Crippen LogP contribution in [-0.2, 0) is 14.8 Å². The van der Waals surface area contributed by atoms with E-state index in [-0.39, 0.29) is 16.5 Å². The SMILES string of the molecule is C=CC(=O)Nc1ccc(S(=O)(=O)Nc2ccc(OC)cc2OC)cc1.